The number of imidazole rings is 1. The van der Waals surface area contributed by atoms with Crippen LogP contribution in [0, 0.1) is 0 Å². The van der Waals surface area contributed by atoms with Gasteiger partial charge in [-0.2, -0.15) is 0 Å². The molecule has 0 aliphatic carbocycles. The van der Waals surface area contributed by atoms with E-state index in [1.165, 1.54) is 19.4 Å². The number of hydrogen-bond acceptors (Lipinski definition) is 11. The number of fused-ring (bicyclic) bond motifs is 3. The van der Waals surface area contributed by atoms with Gasteiger partial charge in [0.25, 0.3) is 5.91 Å². The number of carbonyl (C=O) groups excluding carboxylic acids is 9. The van der Waals surface area contributed by atoms with Gasteiger partial charge in [0, 0.05) is 67.8 Å². The van der Waals surface area contributed by atoms with E-state index in [0.717, 1.165) is 15.8 Å². The Morgan fingerprint density at radius 1 is 0.708 bits per heavy atom. The summed E-state index contributed by atoms with van der Waals surface area (Å²) < 4.78 is 0. The van der Waals surface area contributed by atoms with E-state index in [4.69, 9.17) is 17.2 Å². The van der Waals surface area contributed by atoms with E-state index in [2.05, 4.69) is 57.2 Å². The molecule has 384 valence electrons. The zero-order valence-corrected chi connectivity index (χ0v) is 39.9. The lowest BCUT2D eigenvalue weighted by Gasteiger charge is -2.28. The van der Waals surface area contributed by atoms with E-state index in [1.54, 1.807) is 36.5 Å². The van der Waals surface area contributed by atoms with Crippen molar-refractivity contribution in [3.8, 4) is 0 Å². The van der Waals surface area contributed by atoms with Crippen LogP contribution in [0.1, 0.15) is 75.1 Å². The van der Waals surface area contributed by atoms with Crippen molar-refractivity contribution >= 4 is 70.2 Å². The van der Waals surface area contributed by atoms with Gasteiger partial charge < -0.3 is 64.4 Å². The van der Waals surface area contributed by atoms with E-state index < -0.39 is 89.7 Å². The molecule has 2 saturated heterocycles. The fourth-order valence-corrected chi connectivity index (χ4v) is 8.52. The van der Waals surface area contributed by atoms with Crippen molar-refractivity contribution in [2.45, 2.75) is 120 Å². The highest BCUT2D eigenvalue weighted by atomic mass is 16.2. The maximum atomic E-state index is 14.6. The molecular weight excluding hydrogens is 931 g/mol. The van der Waals surface area contributed by atoms with Gasteiger partial charge >= 0.3 is 6.03 Å². The first-order valence-corrected chi connectivity index (χ1v) is 23.9. The lowest BCUT2D eigenvalue weighted by Crippen LogP contribution is -2.60. The highest BCUT2D eigenvalue weighted by Crippen LogP contribution is 2.20. The number of urea groups is 1. The predicted molar refractivity (Wildman–Crippen MR) is 263 cm³/mol. The normalized spacial score (nSPS) is 23.8. The molecule has 7 atom stereocenters. The Bertz CT molecular complexity index is 2600. The number of benzene rings is 2. The predicted octanol–water partition coefficient (Wildman–Crippen LogP) is -1.34. The zero-order chi connectivity index (χ0) is 51.7. The number of aromatic amines is 2. The van der Waals surface area contributed by atoms with Gasteiger partial charge in [0.2, 0.25) is 41.4 Å². The van der Waals surface area contributed by atoms with Crippen molar-refractivity contribution in [2.75, 3.05) is 13.1 Å². The average molecular weight is 994 g/mol. The van der Waals surface area contributed by atoms with Crippen LogP contribution in [0.3, 0.4) is 0 Å². The topological polar surface area (TPSA) is 376 Å². The van der Waals surface area contributed by atoms with Crippen LogP contribution in [0.15, 0.2) is 78.3 Å². The molecule has 4 heterocycles. The molecule has 2 aromatic heterocycles. The molecule has 10 amide bonds. The van der Waals surface area contributed by atoms with Crippen LogP contribution >= 0.6 is 0 Å². The number of nitrogens with one attached hydrogen (secondary N) is 9. The molecule has 2 aliphatic heterocycles. The highest BCUT2D eigenvalue weighted by Gasteiger charge is 2.44. The van der Waals surface area contributed by atoms with E-state index in [-0.39, 0.29) is 76.3 Å². The van der Waals surface area contributed by atoms with Crippen LogP contribution < -0.4 is 54.4 Å². The number of amides is 10. The standard InChI is InChI=1S/C48H63N15O9/c1-27-41(66)59-38(23-30-25-52-26-56-30)45(70)60-36(21-28-11-4-2-5-12-28)43(68)58-34(16-10-20-54-47(50)51)42(67)61-37(22-29-24-55-32-14-8-7-13-31(29)32)44(69)57-33(40(49)65)15-6-3-9-19-53-39(64)18-17-35-46(71)63(27)48(72)62-35/h2,4-5,7-8,11-14,24-27,33-38,55H,3,6,9-10,15-23H2,1H3,(H2,49,65)(H,52,56)(H,53,64)(H,57,69)(H,58,68)(H,59,66)(H,60,70)(H,61,67)(H,62,72)(H4,50,51,54). The van der Waals surface area contributed by atoms with Crippen LogP contribution in [0.5, 0.6) is 0 Å². The summed E-state index contributed by atoms with van der Waals surface area (Å²) in [4.78, 5) is 139. The quantitative estimate of drug-likeness (QED) is 0.0360. The molecule has 0 spiro atoms. The summed E-state index contributed by atoms with van der Waals surface area (Å²) in [6.07, 6.45) is 5.71. The number of aromatic nitrogens is 3. The molecular formula is C48H63N15O9. The maximum Gasteiger partial charge on any atom is 0.325 e. The first kappa shape index (κ1) is 53.0. The van der Waals surface area contributed by atoms with Crippen molar-refractivity contribution in [2.24, 2.45) is 22.2 Å². The van der Waals surface area contributed by atoms with Gasteiger partial charge in [-0.15, -0.1) is 0 Å². The average Bonchev–Trinajstić information content (AvgIpc) is 4.10. The summed E-state index contributed by atoms with van der Waals surface area (Å²) >= 11 is 0. The van der Waals surface area contributed by atoms with Crippen LogP contribution in [0.25, 0.3) is 10.9 Å². The third kappa shape index (κ3) is 14.9. The third-order valence-corrected chi connectivity index (χ3v) is 12.5. The van der Waals surface area contributed by atoms with Crippen molar-refractivity contribution in [3.63, 3.8) is 0 Å². The fraction of sp³-hybridized carbons (Fsp3) is 0.438. The van der Waals surface area contributed by atoms with Gasteiger partial charge in [-0.3, -0.25) is 48.2 Å². The third-order valence-electron chi connectivity index (χ3n) is 12.5. The smallest absolute Gasteiger partial charge is 0.325 e. The lowest BCUT2D eigenvalue weighted by atomic mass is 10.0. The number of nitrogens with two attached hydrogens (primary N) is 3. The minimum absolute atomic E-state index is 0.0485. The Kier molecular flexibility index (Phi) is 18.8. The Hall–Kier alpha value is -8.31. The number of primary amides is 1. The molecule has 24 heteroatoms. The van der Waals surface area contributed by atoms with E-state index in [9.17, 15) is 43.2 Å². The first-order chi connectivity index (χ1) is 34.6. The van der Waals surface area contributed by atoms with Crippen molar-refractivity contribution in [1.82, 2.24) is 57.1 Å². The van der Waals surface area contributed by atoms with Gasteiger partial charge in [-0.1, -0.05) is 61.4 Å². The van der Waals surface area contributed by atoms with Gasteiger partial charge in [0.1, 0.15) is 42.3 Å². The maximum absolute atomic E-state index is 14.6. The molecule has 6 rings (SSSR count). The number of para-hydroxylation sites is 1. The Labute approximate surface area is 414 Å². The molecule has 15 N–H and O–H groups in total. The fourth-order valence-electron chi connectivity index (χ4n) is 8.52. The molecule has 72 heavy (non-hydrogen) atoms. The number of rotatable bonds is 11. The number of carbonyl (C=O) groups is 9. The summed E-state index contributed by atoms with van der Waals surface area (Å²) in [6.45, 7) is 1.64. The molecule has 2 aliphatic rings. The SMILES string of the molecule is CC1C(=O)NC(Cc2cnc[nH]2)C(=O)NC(Cc2ccccc2)C(=O)NC(CCCN=C(N)N)C(=O)NC(Cc2c[nH]c3ccccc23)C(=O)NC(C(N)=O)CCCCCNC(=O)CCC2NC(=O)N1C2=O. The molecule has 0 saturated carbocycles. The summed E-state index contributed by atoms with van der Waals surface area (Å²) in [6, 6.07) is 6.08. The number of imide groups is 1. The molecule has 2 aromatic carbocycles. The number of hydrogen-bond donors (Lipinski definition) is 12. The molecule has 2 bridgehead atoms. The number of guanidine groups is 1. The summed E-state index contributed by atoms with van der Waals surface area (Å²) in [5.41, 5.74) is 19.4. The lowest BCUT2D eigenvalue weighted by molar-refractivity contribution is -0.137. The van der Waals surface area contributed by atoms with Gasteiger partial charge in [-0.25, -0.2) is 9.78 Å². The Morgan fingerprint density at radius 2 is 1.36 bits per heavy atom. The number of nitrogens with zero attached hydrogens (tertiary/aromatic N) is 3. The minimum Gasteiger partial charge on any atom is -0.370 e. The van der Waals surface area contributed by atoms with Gasteiger partial charge in [0.15, 0.2) is 5.96 Å². The van der Waals surface area contributed by atoms with Crippen LogP contribution in [-0.4, -0.2) is 134 Å². The molecule has 4 aromatic rings. The van der Waals surface area contributed by atoms with E-state index >= 15 is 0 Å². The summed E-state index contributed by atoms with van der Waals surface area (Å²) in [5, 5.41) is 19.7. The van der Waals surface area contributed by atoms with Crippen molar-refractivity contribution < 1.29 is 43.2 Å². The first-order valence-electron chi connectivity index (χ1n) is 23.9. The van der Waals surface area contributed by atoms with Crippen molar-refractivity contribution in [1.29, 1.82) is 0 Å². The zero-order valence-electron chi connectivity index (χ0n) is 39.9. The largest absolute Gasteiger partial charge is 0.370 e. The van der Waals surface area contributed by atoms with E-state index in [0.29, 0.717) is 36.1 Å². The second kappa shape index (κ2) is 25.5. The highest BCUT2D eigenvalue weighted by molar-refractivity contribution is 6.08. The van der Waals surface area contributed by atoms with Gasteiger partial charge in [-0.05, 0) is 56.2 Å². The monoisotopic (exact) mass is 993 g/mol. The molecule has 0 radical (unpaired) electrons. The number of aliphatic imine (C=N–C) groups is 1. The van der Waals surface area contributed by atoms with Crippen molar-refractivity contribution in [3.05, 3.63) is 90.1 Å². The van der Waals surface area contributed by atoms with Crippen LogP contribution in [0.4, 0.5) is 4.79 Å². The second-order valence-electron chi connectivity index (χ2n) is 17.8. The summed E-state index contributed by atoms with van der Waals surface area (Å²) in [5.74, 6) is -6.18. The van der Waals surface area contributed by atoms with E-state index in [1.807, 2.05) is 24.3 Å². The summed E-state index contributed by atoms with van der Waals surface area (Å²) in [7, 11) is 0. The van der Waals surface area contributed by atoms with Gasteiger partial charge in [0.05, 0.1) is 6.33 Å². The number of H-pyrrole nitrogens is 2. The minimum atomic E-state index is -1.42. The Morgan fingerprint density at radius 3 is 2.07 bits per heavy atom. The van der Waals surface area contributed by atoms with Crippen LogP contribution in [0.2, 0.25) is 0 Å². The molecule has 2 fully saturated rings. The molecule has 7 unspecified atom stereocenters. The van der Waals surface area contributed by atoms with Crippen LogP contribution in [-0.2, 0) is 57.6 Å². The molecule has 24 nitrogen and oxygen atoms in total. The Balaban J connectivity index is 1.34. The second-order valence-corrected chi connectivity index (χ2v) is 17.8.